The van der Waals surface area contributed by atoms with Crippen molar-refractivity contribution >= 4 is 11.9 Å². The van der Waals surface area contributed by atoms with Crippen LogP contribution in [0.4, 0.5) is 0 Å². The second-order valence-corrected chi connectivity index (χ2v) is 10.9. The second kappa shape index (κ2) is 30.1. The van der Waals surface area contributed by atoms with E-state index in [4.69, 9.17) is 14.6 Å². The van der Waals surface area contributed by atoms with Crippen molar-refractivity contribution in [3.8, 4) is 0 Å². The molecule has 0 saturated heterocycles. The fourth-order valence-electron chi connectivity index (χ4n) is 4.51. The van der Waals surface area contributed by atoms with E-state index in [-0.39, 0.29) is 0 Å². The lowest BCUT2D eigenvalue weighted by Gasteiger charge is -2.10. The number of esters is 2. The van der Waals surface area contributed by atoms with Gasteiger partial charge in [-0.2, -0.15) is 0 Å². The minimum atomic E-state index is -0.440. The van der Waals surface area contributed by atoms with Crippen LogP contribution in [-0.4, -0.2) is 36.9 Å². The molecule has 40 heavy (non-hydrogen) atoms. The van der Waals surface area contributed by atoms with E-state index in [0.717, 1.165) is 32.1 Å². The molecule has 0 fully saturated rings. The molecular weight excluding hydrogens is 500 g/mol. The summed E-state index contributed by atoms with van der Waals surface area (Å²) in [5, 5.41) is 8.47. The van der Waals surface area contributed by atoms with Crippen LogP contribution in [0.15, 0.2) is 24.3 Å². The minimum absolute atomic E-state index is 0.296. The maximum absolute atomic E-state index is 12.4. The first-order valence-corrected chi connectivity index (χ1v) is 16.7. The van der Waals surface area contributed by atoms with Gasteiger partial charge in [-0.05, 0) is 31.4 Å². The third-order valence-corrected chi connectivity index (χ3v) is 7.09. The SMILES string of the molecule is CCCCCCCCCO.CCCCCCCCCOC(=O)c1ccccc1C(=O)OCCCCCCCCC. The molecule has 0 radical (unpaired) electrons. The monoisotopic (exact) mass is 562 g/mol. The number of unbranched alkanes of at least 4 members (excludes halogenated alkanes) is 18. The predicted molar refractivity (Wildman–Crippen MR) is 168 cm³/mol. The lowest BCUT2D eigenvalue weighted by molar-refractivity contribution is 0.0450. The van der Waals surface area contributed by atoms with Crippen LogP contribution in [0.1, 0.15) is 176 Å². The lowest BCUT2D eigenvalue weighted by atomic mass is 10.1. The fourth-order valence-corrected chi connectivity index (χ4v) is 4.51. The highest BCUT2D eigenvalue weighted by Crippen LogP contribution is 2.14. The average Bonchev–Trinajstić information content (AvgIpc) is 2.97. The second-order valence-electron chi connectivity index (χ2n) is 10.9. The molecule has 1 N–H and O–H groups in total. The highest BCUT2D eigenvalue weighted by atomic mass is 16.5. The molecule has 0 aliphatic rings. The third kappa shape index (κ3) is 22.9. The van der Waals surface area contributed by atoms with Gasteiger partial charge < -0.3 is 14.6 Å². The Labute approximate surface area is 246 Å². The van der Waals surface area contributed by atoms with Crippen LogP contribution in [-0.2, 0) is 9.47 Å². The molecule has 0 atom stereocenters. The molecule has 0 spiro atoms. The van der Waals surface area contributed by atoms with E-state index in [9.17, 15) is 9.59 Å². The number of benzene rings is 1. The predicted octanol–water partition coefficient (Wildman–Crippen LogP) is 10.2. The van der Waals surface area contributed by atoms with Crippen molar-refractivity contribution in [1.82, 2.24) is 0 Å². The fraction of sp³-hybridized carbons (Fsp3) is 0.771. The first-order valence-electron chi connectivity index (χ1n) is 16.7. The smallest absolute Gasteiger partial charge is 0.339 e. The highest BCUT2D eigenvalue weighted by molar-refractivity contribution is 6.03. The zero-order valence-corrected chi connectivity index (χ0v) is 26.4. The molecule has 0 bridgehead atoms. The summed E-state index contributed by atoms with van der Waals surface area (Å²) in [6.07, 6.45) is 25.3. The number of carbonyl (C=O) groups excluding carboxylic acids is 2. The normalized spacial score (nSPS) is 10.6. The molecule has 5 nitrogen and oxygen atoms in total. The molecule has 0 amide bonds. The van der Waals surface area contributed by atoms with Gasteiger partial charge in [-0.3, -0.25) is 0 Å². The highest BCUT2D eigenvalue weighted by Gasteiger charge is 2.18. The third-order valence-electron chi connectivity index (χ3n) is 7.09. The summed E-state index contributed by atoms with van der Waals surface area (Å²) in [5.41, 5.74) is 0.593. The van der Waals surface area contributed by atoms with Crippen molar-refractivity contribution in [2.45, 2.75) is 156 Å². The van der Waals surface area contributed by atoms with Crippen LogP contribution >= 0.6 is 0 Å². The number of rotatable bonds is 25. The maximum atomic E-state index is 12.4. The van der Waals surface area contributed by atoms with Crippen LogP contribution in [0, 0.1) is 0 Å². The van der Waals surface area contributed by atoms with Crippen LogP contribution in [0.5, 0.6) is 0 Å². The lowest BCUT2D eigenvalue weighted by Crippen LogP contribution is -2.15. The maximum Gasteiger partial charge on any atom is 0.339 e. The van der Waals surface area contributed by atoms with Crippen molar-refractivity contribution in [2.75, 3.05) is 19.8 Å². The summed E-state index contributed by atoms with van der Waals surface area (Å²) >= 11 is 0. The summed E-state index contributed by atoms with van der Waals surface area (Å²) in [5.74, 6) is -0.881. The Balaban J connectivity index is 0.00000129. The van der Waals surface area contributed by atoms with E-state index >= 15 is 0 Å². The molecule has 0 heterocycles. The van der Waals surface area contributed by atoms with Crippen molar-refractivity contribution in [3.05, 3.63) is 35.4 Å². The minimum Gasteiger partial charge on any atom is -0.462 e. The van der Waals surface area contributed by atoms with Crippen LogP contribution in [0.3, 0.4) is 0 Å². The Morgan fingerprint density at radius 3 is 1.12 bits per heavy atom. The largest absolute Gasteiger partial charge is 0.462 e. The van der Waals surface area contributed by atoms with Gasteiger partial charge in [0.15, 0.2) is 0 Å². The van der Waals surface area contributed by atoms with Crippen LogP contribution in [0.2, 0.25) is 0 Å². The number of hydrogen-bond acceptors (Lipinski definition) is 5. The van der Waals surface area contributed by atoms with Gasteiger partial charge in [0, 0.05) is 6.61 Å². The summed E-state index contributed by atoms with van der Waals surface area (Å²) in [6.45, 7) is 7.81. The molecule has 232 valence electrons. The van der Waals surface area contributed by atoms with Crippen molar-refractivity contribution in [1.29, 1.82) is 0 Å². The summed E-state index contributed by atoms with van der Waals surface area (Å²) in [4.78, 5) is 24.8. The molecule has 5 heteroatoms. The van der Waals surface area contributed by atoms with Gasteiger partial charge >= 0.3 is 11.9 Å². The number of carbonyl (C=O) groups is 2. The van der Waals surface area contributed by atoms with E-state index in [0.29, 0.717) is 30.9 Å². The molecule has 0 aromatic heterocycles. The van der Waals surface area contributed by atoms with Gasteiger partial charge in [0.2, 0.25) is 0 Å². The first kappa shape index (κ1) is 38.1. The van der Waals surface area contributed by atoms with Gasteiger partial charge in [-0.1, -0.05) is 148 Å². The Hall–Kier alpha value is -1.88. The van der Waals surface area contributed by atoms with Crippen LogP contribution in [0.25, 0.3) is 0 Å². The number of aliphatic hydroxyl groups excluding tert-OH is 1. The summed E-state index contributed by atoms with van der Waals surface area (Å²) in [7, 11) is 0. The molecule has 0 aliphatic carbocycles. The summed E-state index contributed by atoms with van der Waals surface area (Å²) in [6, 6.07) is 6.77. The molecule has 1 rings (SSSR count). The van der Waals surface area contributed by atoms with Gasteiger partial charge in [-0.25, -0.2) is 9.59 Å². The number of ether oxygens (including phenoxy) is 2. The molecule has 0 saturated carbocycles. The van der Waals surface area contributed by atoms with E-state index in [1.54, 1.807) is 24.3 Å². The van der Waals surface area contributed by atoms with Gasteiger partial charge in [0.25, 0.3) is 0 Å². The molecule has 0 unspecified atom stereocenters. The van der Waals surface area contributed by atoms with E-state index in [2.05, 4.69) is 20.8 Å². The molecule has 1 aromatic rings. The molecule has 1 aromatic carbocycles. The van der Waals surface area contributed by atoms with E-state index in [1.807, 2.05) is 0 Å². The quantitative estimate of drug-likeness (QED) is 0.0948. The van der Waals surface area contributed by atoms with E-state index in [1.165, 1.54) is 103 Å². The number of hydrogen-bond donors (Lipinski definition) is 1. The Bertz CT molecular complexity index is 644. The molecular formula is C35H62O5. The molecule has 0 aliphatic heterocycles. The van der Waals surface area contributed by atoms with Crippen molar-refractivity contribution < 1.29 is 24.2 Å². The Morgan fingerprint density at radius 2 is 0.800 bits per heavy atom. The van der Waals surface area contributed by atoms with Gasteiger partial charge in [0.1, 0.15) is 0 Å². The number of aliphatic hydroxyl groups is 1. The standard InChI is InChI=1S/C26H42O4.C9H20O/c1-3-5-7-9-11-13-17-21-29-25(27)23-19-15-16-20-24(23)26(28)30-22-18-14-12-10-8-6-4-2;1-2-3-4-5-6-7-8-9-10/h15-16,19-20H,3-14,17-18,21-22H2,1-2H3;10H,2-9H2,1H3. The zero-order valence-electron chi connectivity index (χ0n) is 26.4. The van der Waals surface area contributed by atoms with Gasteiger partial charge in [0.05, 0.1) is 24.3 Å². The average molecular weight is 563 g/mol. The topological polar surface area (TPSA) is 72.8 Å². The van der Waals surface area contributed by atoms with Crippen molar-refractivity contribution in [2.24, 2.45) is 0 Å². The van der Waals surface area contributed by atoms with Crippen LogP contribution < -0.4 is 0 Å². The zero-order chi connectivity index (χ0) is 29.5. The first-order chi connectivity index (χ1) is 19.6. The van der Waals surface area contributed by atoms with Crippen molar-refractivity contribution in [3.63, 3.8) is 0 Å². The van der Waals surface area contributed by atoms with E-state index < -0.39 is 11.9 Å². The summed E-state index contributed by atoms with van der Waals surface area (Å²) < 4.78 is 10.8. The Kier molecular flexibility index (Phi) is 28.7. The Morgan fingerprint density at radius 1 is 0.500 bits per heavy atom. The van der Waals surface area contributed by atoms with Gasteiger partial charge in [-0.15, -0.1) is 0 Å².